The first-order valence-corrected chi connectivity index (χ1v) is 20.8. The Hall–Kier alpha value is -4.56. The molecule has 0 unspecified atom stereocenters. The van der Waals surface area contributed by atoms with Crippen molar-refractivity contribution in [1.29, 1.82) is 0 Å². The predicted molar refractivity (Wildman–Crippen MR) is 219 cm³/mol. The molecule has 0 aliphatic carbocycles. The number of nitrogens with zero attached hydrogens (tertiary/aromatic N) is 3. The fourth-order valence-electron chi connectivity index (χ4n) is 7.31. The van der Waals surface area contributed by atoms with E-state index in [2.05, 4.69) is 21.3 Å². The quantitative estimate of drug-likeness (QED) is 0.195. The minimum absolute atomic E-state index is 0.00814. The summed E-state index contributed by atoms with van der Waals surface area (Å²) in [5.74, 6) is -6.73. The van der Waals surface area contributed by atoms with Crippen molar-refractivity contribution in [2.24, 2.45) is 5.92 Å². The topological polar surface area (TPSA) is 207 Å². The van der Waals surface area contributed by atoms with Crippen LogP contribution in [0.1, 0.15) is 78.7 Å². The van der Waals surface area contributed by atoms with Crippen LogP contribution in [0.2, 0.25) is 5.02 Å². The first kappa shape index (κ1) is 51.8. The average Bonchev–Trinajstić information content (AvgIpc) is 3.58. The Kier molecular flexibility index (Phi) is 18.1. The van der Waals surface area contributed by atoms with E-state index in [1.54, 1.807) is 24.3 Å². The maximum Gasteiger partial charge on any atom is 0.426 e. The van der Waals surface area contributed by atoms with Crippen LogP contribution in [0, 0.1) is 5.92 Å². The van der Waals surface area contributed by atoms with Crippen LogP contribution in [0.5, 0.6) is 0 Å². The van der Waals surface area contributed by atoms with Crippen molar-refractivity contribution < 1.29 is 61.0 Å². The zero-order valence-electron chi connectivity index (χ0n) is 36.4. The van der Waals surface area contributed by atoms with E-state index in [1.165, 1.54) is 40.0 Å². The van der Waals surface area contributed by atoms with Gasteiger partial charge in [0.15, 0.2) is 0 Å². The van der Waals surface area contributed by atoms with Crippen molar-refractivity contribution in [3.8, 4) is 0 Å². The van der Waals surface area contributed by atoms with Gasteiger partial charge in [-0.2, -0.15) is 13.2 Å². The van der Waals surface area contributed by atoms with Crippen LogP contribution in [0.4, 0.5) is 17.6 Å². The number of ether oxygens (including phenoxy) is 1. The standard InChI is InChI=1S/C41H60ClF4N7O9/c1-23(2)18-28-36(58)52(7)30(20-24-12-11-13-25(42)19-24)34(56)50-39(3,4)37(59)47-16-10-9-14-29(32(54)49-28)51(6)35(57)27(15-17-62-8)48-33(55)31-21-26(43)22-53(31)38(60)40(5,61)41(44,45)46/h11-13,19,23,26-31,61H,9-10,14-18,20-22H2,1-8H3,(H,47,59)(H,48,55)(H,49,54)(H,50,56)/t26-,27+,28+,29+,30+,31+,40-/m1/s1. The highest BCUT2D eigenvalue weighted by Crippen LogP contribution is 2.34. The van der Waals surface area contributed by atoms with Gasteiger partial charge in [0.05, 0.1) is 6.54 Å². The molecule has 7 atom stereocenters. The Morgan fingerprint density at radius 2 is 1.77 bits per heavy atom. The molecule has 16 nitrogen and oxygen atoms in total. The SMILES string of the molecule is COCC[C@H](NC(=O)[C@@H]1C[C@@H](F)CN1C(=O)[C@@](C)(O)C(F)(F)F)C(=O)N(C)[C@H]1CCCCNC(=O)C(C)(C)NC(=O)[C@H](Cc2cccc(Cl)c2)N(C)C(=O)[C@H](CC(C)C)NC1=O. The molecule has 7 amide bonds. The number of hydrogen-bond donors (Lipinski definition) is 5. The van der Waals surface area contributed by atoms with Gasteiger partial charge >= 0.3 is 6.18 Å². The van der Waals surface area contributed by atoms with Gasteiger partial charge in [0.25, 0.3) is 5.91 Å². The normalized spacial score (nSPS) is 24.7. The van der Waals surface area contributed by atoms with Gasteiger partial charge in [-0.15, -0.1) is 0 Å². The third kappa shape index (κ3) is 13.2. The third-order valence-electron chi connectivity index (χ3n) is 11.1. The van der Waals surface area contributed by atoms with Gasteiger partial charge in [-0.3, -0.25) is 33.6 Å². The molecule has 1 aromatic rings. The number of hydrogen-bond acceptors (Lipinski definition) is 9. The second-order valence-electron chi connectivity index (χ2n) is 17.0. The van der Waals surface area contributed by atoms with Crippen LogP contribution in [0.25, 0.3) is 0 Å². The Morgan fingerprint density at radius 3 is 2.37 bits per heavy atom. The molecule has 3 rings (SSSR count). The number of carbonyl (C=O) groups is 7. The summed E-state index contributed by atoms with van der Waals surface area (Å²) in [6, 6.07) is -0.347. The summed E-state index contributed by atoms with van der Waals surface area (Å²) in [5, 5.41) is 21.1. The number of nitrogens with one attached hydrogen (secondary N) is 4. The van der Waals surface area contributed by atoms with Crippen molar-refractivity contribution in [2.45, 2.75) is 133 Å². The molecule has 2 heterocycles. The first-order valence-electron chi connectivity index (χ1n) is 20.4. The molecular weight excluding hydrogens is 846 g/mol. The summed E-state index contributed by atoms with van der Waals surface area (Å²) < 4.78 is 60.5. The van der Waals surface area contributed by atoms with Crippen molar-refractivity contribution in [3.63, 3.8) is 0 Å². The summed E-state index contributed by atoms with van der Waals surface area (Å²) in [6.07, 6.45) is -7.67. The molecule has 2 fully saturated rings. The molecular formula is C41H60ClF4N7O9. The Bertz CT molecular complexity index is 1800. The average molecular weight is 906 g/mol. The van der Waals surface area contributed by atoms with Crippen LogP contribution in [-0.2, 0) is 44.7 Å². The zero-order valence-corrected chi connectivity index (χ0v) is 37.1. The number of carbonyl (C=O) groups excluding carboxylic acids is 7. The number of amides is 7. The Morgan fingerprint density at radius 1 is 1.11 bits per heavy atom. The van der Waals surface area contributed by atoms with E-state index < -0.39 is 108 Å². The third-order valence-corrected chi connectivity index (χ3v) is 11.3. The molecule has 0 aromatic heterocycles. The van der Waals surface area contributed by atoms with E-state index in [-0.39, 0.29) is 63.0 Å². The van der Waals surface area contributed by atoms with Gasteiger partial charge in [-0.25, -0.2) is 4.39 Å². The van der Waals surface area contributed by atoms with Gasteiger partial charge < -0.3 is 45.8 Å². The number of halogens is 5. The zero-order chi connectivity index (χ0) is 46.9. The van der Waals surface area contributed by atoms with E-state index in [0.29, 0.717) is 17.0 Å². The molecule has 21 heteroatoms. The molecule has 2 aliphatic rings. The van der Waals surface area contributed by atoms with Crippen molar-refractivity contribution in [1.82, 2.24) is 36.0 Å². The van der Waals surface area contributed by atoms with Crippen LogP contribution in [0.15, 0.2) is 24.3 Å². The minimum Gasteiger partial charge on any atom is -0.385 e. The largest absolute Gasteiger partial charge is 0.426 e. The van der Waals surface area contributed by atoms with E-state index in [4.69, 9.17) is 16.3 Å². The highest BCUT2D eigenvalue weighted by molar-refractivity contribution is 6.30. The van der Waals surface area contributed by atoms with E-state index in [9.17, 15) is 56.2 Å². The molecule has 62 heavy (non-hydrogen) atoms. The van der Waals surface area contributed by atoms with E-state index in [0.717, 1.165) is 4.90 Å². The fraction of sp³-hybridized carbons (Fsp3) is 0.683. The Labute approximate surface area is 364 Å². The molecule has 2 aliphatic heterocycles. The smallest absolute Gasteiger partial charge is 0.385 e. The first-order chi connectivity index (χ1) is 28.7. The molecule has 0 saturated carbocycles. The summed E-state index contributed by atoms with van der Waals surface area (Å²) in [7, 11) is 3.98. The summed E-state index contributed by atoms with van der Waals surface area (Å²) in [6.45, 7) is 5.92. The van der Waals surface area contributed by atoms with Gasteiger partial charge in [0.2, 0.25) is 41.0 Å². The molecule has 2 saturated heterocycles. The highest BCUT2D eigenvalue weighted by atomic mass is 35.5. The number of methoxy groups -OCH3 is 1. The van der Waals surface area contributed by atoms with E-state index in [1.807, 2.05) is 13.8 Å². The summed E-state index contributed by atoms with van der Waals surface area (Å²) in [5.41, 5.74) is -4.75. The lowest BCUT2D eigenvalue weighted by Crippen LogP contribution is -2.62. The minimum atomic E-state index is -5.45. The predicted octanol–water partition coefficient (Wildman–Crippen LogP) is 2.04. The number of alkyl halides is 4. The van der Waals surface area contributed by atoms with Crippen LogP contribution in [0.3, 0.4) is 0 Å². The molecule has 1 aromatic carbocycles. The molecule has 0 spiro atoms. The molecule has 0 radical (unpaired) electrons. The van der Waals surface area contributed by atoms with Crippen LogP contribution >= 0.6 is 11.6 Å². The van der Waals surface area contributed by atoms with Gasteiger partial charge in [0.1, 0.15) is 41.9 Å². The van der Waals surface area contributed by atoms with Crippen molar-refractivity contribution in [2.75, 3.05) is 40.9 Å². The number of benzene rings is 1. The van der Waals surface area contributed by atoms with Gasteiger partial charge in [-0.05, 0) is 76.5 Å². The molecule has 0 bridgehead atoms. The second-order valence-corrected chi connectivity index (χ2v) is 17.5. The molecule has 348 valence electrons. The maximum atomic E-state index is 14.6. The number of aliphatic hydroxyl groups is 1. The summed E-state index contributed by atoms with van der Waals surface area (Å²) >= 11 is 6.24. The van der Waals surface area contributed by atoms with Crippen LogP contribution < -0.4 is 21.3 Å². The fourth-order valence-corrected chi connectivity index (χ4v) is 7.52. The second kappa shape index (κ2) is 21.7. The van der Waals surface area contributed by atoms with Crippen molar-refractivity contribution in [3.05, 3.63) is 34.9 Å². The van der Waals surface area contributed by atoms with E-state index >= 15 is 0 Å². The Balaban J connectivity index is 2.00. The monoisotopic (exact) mass is 905 g/mol. The van der Waals surface area contributed by atoms with Gasteiger partial charge in [-0.1, -0.05) is 37.6 Å². The maximum absolute atomic E-state index is 14.6. The number of likely N-dealkylation sites (N-methyl/N-ethyl adjacent to an activating group) is 2. The summed E-state index contributed by atoms with van der Waals surface area (Å²) in [4.78, 5) is 99.4. The lowest BCUT2D eigenvalue weighted by atomic mass is 9.97. The van der Waals surface area contributed by atoms with Crippen LogP contribution in [-0.4, -0.2) is 156 Å². The van der Waals surface area contributed by atoms with Crippen molar-refractivity contribution >= 4 is 53.0 Å². The number of rotatable bonds is 12. The van der Waals surface area contributed by atoms with Gasteiger partial charge in [0, 0.05) is 52.2 Å². The highest BCUT2D eigenvalue weighted by Gasteiger charge is 2.59. The number of likely N-dealkylation sites (tertiary alicyclic amines) is 1. The lowest BCUT2D eigenvalue weighted by Gasteiger charge is -2.36. The lowest BCUT2D eigenvalue weighted by molar-refractivity contribution is -0.250. The molecule has 5 N–H and O–H groups in total.